The SMILES string of the molecule is Nc1nnc(CC(=O)N/N=C\c2cc([N+](=O)[O-])ccc2OCCOc2ccc(Br)cc2)s1. The predicted molar refractivity (Wildman–Crippen MR) is 122 cm³/mol. The standard InChI is InChI=1S/C19H17BrN6O5S/c20-13-1-4-15(5-2-13)30-7-8-31-16-6-3-14(26(28)29)9-12(16)11-22-23-17(27)10-18-24-25-19(21)32-18/h1-6,9,11H,7-8,10H2,(H2,21,25)(H,23,27)/b22-11-. The molecule has 3 rings (SSSR count). The number of nitro groups is 1. The number of hydrogen-bond donors (Lipinski definition) is 2. The Labute approximate surface area is 194 Å². The first kappa shape index (κ1) is 23.1. The molecule has 166 valence electrons. The van der Waals surface area contributed by atoms with Crippen LogP contribution < -0.4 is 20.6 Å². The van der Waals surface area contributed by atoms with Crippen LogP contribution in [0.15, 0.2) is 52.0 Å². The molecule has 0 saturated carbocycles. The van der Waals surface area contributed by atoms with Crippen molar-refractivity contribution in [3.8, 4) is 11.5 Å². The van der Waals surface area contributed by atoms with Crippen LogP contribution in [0.3, 0.4) is 0 Å². The number of anilines is 1. The van der Waals surface area contributed by atoms with Crippen molar-refractivity contribution in [2.45, 2.75) is 6.42 Å². The molecular weight excluding hydrogens is 504 g/mol. The molecule has 0 spiro atoms. The minimum Gasteiger partial charge on any atom is -0.490 e. The Morgan fingerprint density at radius 3 is 2.66 bits per heavy atom. The third-order valence-electron chi connectivity index (χ3n) is 3.81. The number of ether oxygens (including phenoxy) is 2. The molecule has 32 heavy (non-hydrogen) atoms. The number of non-ortho nitro benzene ring substituents is 1. The van der Waals surface area contributed by atoms with E-state index in [1.807, 2.05) is 24.3 Å². The Bertz CT molecular complexity index is 1120. The molecule has 3 aromatic rings. The Morgan fingerprint density at radius 2 is 1.97 bits per heavy atom. The molecule has 1 amide bonds. The van der Waals surface area contributed by atoms with Crippen LogP contribution in [-0.4, -0.2) is 40.5 Å². The van der Waals surface area contributed by atoms with Gasteiger partial charge < -0.3 is 15.2 Å². The summed E-state index contributed by atoms with van der Waals surface area (Å²) < 4.78 is 12.2. The summed E-state index contributed by atoms with van der Waals surface area (Å²) in [5, 5.41) is 23.0. The summed E-state index contributed by atoms with van der Waals surface area (Å²) in [5.41, 5.74) is 8.00. The quantitative estimate of drug-likeness (QED) is 0.179. The molecule has 2 aromatic carbocycles. The molecule has 0 saturated heterocycles. The molecule has 1 aromatic heterocycles. The molecule has 0 unspecified atom stereocenters. The number of rotatable bonds is 10. The minimum absolute atomic E-state index is 0.0438. The maximum absolute atomic E-state index is 12.0. The van der Waals surface area contributed by atoms with E-state index >= 15 is 0 Å². The van der Waals surface area contributed by atoms with Gasteiger partial charge in [-0.2, -0.15) is 5.10 Å². The number of nitrogens with two attached hydrogens (primary N) is 1. The summed E-state index contributed by atoms with van der Waals surface area (Å²) in [6.07, 6.45) is 1.22. The molecule has 1 heterocycles. The number of nitro benzene ring substituents is 1. The highest BCUT2D eigenvalue weighted by Crippen LogP contribution is 2.23. The summed E-state index contributed by atoms with van der Waals surface area (Å²) >= 11 is 4.45. The van der Waals surface area contributed by atoms with Gasteiger partial charge in [-0.25, -0.2) is 5.43 Å². The molecule has 11 nitrogen and oxygen atoms in total. The van der Waals surface area contributed by atoms with Gasteiger partial charge in [0, 0.05) is 22.2 Å². The van der Waals surface area contributed by atoms with Gasteiger partial charge in [0.2, 0.25) is 11.0 Å². The number of halogens is 1. The number of amides is 1. The lowest BCUT2D eigenvalue weighted by molar-refractivity contribution is -0.384. The van der Waals surface area contributed by atoms with Gasteiger partial charge in [0.05, 0.1) is 17.6 Å². The van der Waals surface area contributed by atoms with Crippen molar-refractivity contribution < 1.29 is 19.2 Å². The van der Waals surface area contributed by atoms with Crippen molar-refractivity contribution >= 4 is 50.2 Å². The number of benzene rings is 2. The zero-order valence-corrected chi connectivity index (χ0v) is 18.8. The molecule has 13 heteroatoms. The first-order valence-electron chi connectivity index (χ1n) is 9.10. The van der Waals surface area contributed by atoms with E-state index in [-0.39, 0.29) is 30.5 Å². The van der Waals surface area contributed by atoms with Crippen molar-refractivity contribution in [3.05, 3.63) is 67.6 Å². The third kappa shape index (κ3) is 6.99. The lowest BCUT2D eigenvalue weighted by Crippen LogP contribution is -2.19. The predicted octanol–water partition coefficient (Wildman–Crippen LogP) is 2.94. The average Bonchev–Trinajstić information content (AvgIpc) is 3.17. The number of hydrogen-bond acceptors (Lipinski definition) is 10. The fourth-order valence-corrected chi connectivity index (χ4v) is 3.28. The van der Waals surface area contributed by atoms with Crippen LogP contribution in [0.1, 0.15) is 10.6 Å². The molecular formula is C19H17BrN6O5S. The molecule has 0 fully saturated rings. The summed E-state index contributed by atoms with van der Waals surface area (Å²) in [6, 6.07) is 11.4. The van der Waals surface area contributed by atoms with Crippen molar-refractivity contribution in [2.75, 3.05) is 18.9 Å². The number of hydrazone groups is 1. The van der Waals surface area contributed by atoms with E-state index in [1.165, 1.54) is 24.4 Å². The molecule has 0 radical (unpaired) electrons. The Hall–Kier alpha value is -3.58. The highest BCUT2D eigenvalue weighted by molar-refractivity contribution is 9.10. The molecule has 3 N–H and O–H groups in total. The summed E-state index contributed by atoms with van der Waals surface area (Å²) in [6.45, 7) is 0.455. The first-order chi connectivity index (χ1) is 15.4. The average molecular weight is 521 g/mol. The van der Waals surface area contributed by atoms with Gasteiger partial charge >= 0.3 is 0 Å². The largest absolute Gasteiger partial charge is 0.490 e. The maximum Gasteiger partial charge on any atom is 0.270 e. The number of aromatic nitrogens is 2. The molecule has 0 aliphatic carbocycles. The smallest absolute Gasteiger partial charge is 0.270 e. The van der Waals surface area contributed by atoms with Crippen LogP contribution in [0.25, 0.3) is 0 Å². The fourth-order valence-electron chi connectivity index (χ4n) is 2.41. The second-order valence-corrected chi connectivity index (χ2v) is 8.14. The normalized spacial score (nSPS) is 10.8. The second kappa shape index (κ2) is 11.2. The summed E-state index contributed by atoms with van der Waals surface area (Å²) in [5.74, 6) is 0.597. The first-order valence-corrected chi connectivity index (χ1v) is 10.7. The van der Waals surface area contributed by atoms with Gasteiger partial charge in [0.25, 0.3) is 5.69 Å². The number of carbonyl (C=O) groups is 1. The Morgan fingerprint density at radius 1 is 1.22 bits per heavy atom. The van der Waals surface area contributed by atoms with E-state index in [0.29, 0.717) is 22.1 Å². The van der Waals surface area contributed by atoms with E-state index in [9.17, 15) is 14.9 Å². The highest BCUT2D eigenvalue weighted by Gasteiger charge is 2.12. The van der Waals surface area contributed by atoms with Gasteiger partial charge in [-0.3, -0.25) is 14.9 Å². The van der Waals surface area contributed by atoms with Gasteiger partial charge in [-0.15, -0.1) is 10.2 Å². The highest BCUT2D eigenvalue weighted by atomic mass is 79.9. The minimum atomic E-state index is -0.532. The second-order valence-electron chi connectivity index (χ2n) is 6.13. The zero-order chi connectivity index (χ0) is 22.9. The number of nitrogen functional groups attached to an aromatic ring is 1. The number of nitrogens with zero attached hydrogens (tertiary/aromatic N) is 4. The van der Waals surface area contributed by atoms with E-state index in [0.717, 1.165) is 15.8 Å². The number of carbonyl (C=O) groups excluding carboxylic acids is 1. The van der Waals surface area contributed by atoms with Gasteiger partial charge in [0.1, 0.15) is 29.7 Å². The lowest BCUT2D eigenvalue weighted by Gasteiger charge is -2.10. The number of nitrogens with one attached hydrogen (secondary N) is 1. The van der Waals surface area contributed by atoms with Crippen molar-refractivity contribution in [1.29, 1.82) is 0 Å². The van der Waals surface area contributed by atoms with Gasteiger partial charge in [-0.1, -0.05) is 27.3 Å². The van der Waals surface area contributed by atoms with Crippen molar-refractivity contribution in [2.24, 2.45) is 5.10 Å². The molecule has 0 aliphatic heterocycles. The van der Waals surface area contributed by atoms with Crippen molar-refractivity contribution in [1.82, 2.24) is 15.6 Å². The summed E-state index contributed by atoms with van der Waals surface area (Å²) in [4.78, 5) is 22.5. The van der Waals surface area contributed by atoms with Gasteiger partial charge in [0.15, 0.2) is 0 Å². The topological polar surface area (TPSA) is 155 Å². The summed E-state index contributed by atoms with van der Waals surface area (Å²) in [7, 11) is 0. The third-order valence-corrected chi connectivity index (χ3v) is 5.10. The van der Waals surface area contributed by atoms with E-state index in [4.69, 9.17) is 15.2 Å². The van der Waals surface area contributed by atoms with Crippen LogP contribution >= 0.6 is 27.3 Å². The Balaban J connectivity index is 1.59. The van der Waals surface area contributed by atoms with Crippen LogP contribution in [-0.2, 0) is 11.2 Å². The van der Waals surface area contributed by atoms with Crippen LogP contribution in [0.2, 0.25) is 0 Å². The van der Waals surface area contributed by atoms with Gasteiger partial charge in [-0.05, 0) is 30.3 Å². The monoisotopic (exact) mass is 520 g/mol. The Kier molecular flexibility index (Phi) is 8.05. The van der Waals surface area contributed by atoms with E-state index in [1.54, 1.807) is 0 Å². The van der Waals surface area contributed by atoms with Crippen LogP contribution in [0, 0.1) is 10.1 Å². The molecule has 0 aliphatic rings. The zero-order valence-electron chi connectivity index (χ0n) is 16.4. The maximum atomic E-state index is 12.0. The molecule has 0 bridgehead atoms. The molecule has 0 atom stereocenters. The lowest BCUT2D eigenvalue weighted by atomic mass is 10.2. The fraction of sp³-hybridized carbons (Fsp3) is 0.158. The van der Waals surface area contributed by atoms with E-state index in [2.05, 4.69) is 36.7 Å². The van der Waals surface area contributed by atoms with Crippen molar-refractivity contribution in [3.63, 3.8) is 0 Å². The van der Waals surface area contributed by atoms with Crippen LogP contribution in [0.5, 0.6) is 11.5 Å². The van der Waals surface area contributed by atoms with E-state index < -0.39 is 10.8 Å². The van der Waals surface area contributed by atoms with Crippen LogP contribution in [0.4, 0.5) is 10.8 Å².